The molecule has 1 rings (SSSR count). The molecule has 0 aliphatic heterocycles. The lowest BCUT2D eigenvalue weighted by molar-refractivity contribution is -0.137. The molecule has 0 bridgehead atoms. The number of carbonyl (C=O) groups is 1. The van der Waals surface area contributed by atoms with Crippen LogP contribution in [-0.4, -0.2) is 16.2 Å². The smallest absolute Gasteiger partial charge is 0.303 e. The van der Waals surface area contributed by atoms with Gasteiger partial charge in [-0.1, -0.05) is 20.3 Å². The van der Waals surface area contributed by atoms with E-state index in [-0.39, 0.29) is 11.8 Å². The second-order valence-electron chi connectivity index (χ2n) is 6.88. The maximum absolute atomic E-state index is 10.9. The molecule has 3 nitrogen and oxygen atoms in total. The molecular weight excluding hydrogens is 276 g/mol. The summed E-state index contributed by atoms with van der Waals surface area (Å²) in [6.07, 6.45) is 4.89. The summed E-state index contributed by atoms with van der Waals surface area (Å²) in [6, 6.07) is 1.88. The first-order valence-corrected chi connectivity index (χ1v) is 8.20. The molecule has 3 heteroatoms. The minimum absolute atomic E-state index is 0.0496. The quantitative estimate of drug-likeness (QED) is 0.716. The van der Waals surface area contributed by atoms with E-state index in [0.717, 1.165) is 36.8 Å². The van der Waals surface area contributed by atoms with Crippen LogP contribution in [0.5, 0.6) is 5.75 Å². The van der Waals surface area contributed by atoms with Gasteiger partial charge in [0.25, 0.3) is 0 Å². The molecule has 1 aromatic carbocycles. The summed E-state index contributed by atoms with van der Waals surface area (Å²) in [5.41, 5.74) is 4.57. The Kier molecular flexibility index (Phi) is 6.46. The molecule has 124 valence electrons. The van der Waals surface area contributed by atoms with Gasteiger partial charge in [0.15, 0.2) is 0 Å². The van der Waals surface area contributed by atoms with E-state index in [2.05, 4.69) is 20.8 Å². The van der Waals surface area contributed by atoms with Gasteiger partial charge in [0.2, 0.25) is 0 Å². The van der Waals surface area contributed by atoms with Crippen molar-refractivity contribution in [3.63, 3.8) is 0 Å². The fourth-order valence-electron chi connectivity index (χ4n) is 3.18. The van der Waals surface area contributed by atoms with Crippen LogP contribution in [0, 0.1) is 26.2 Å². The fourth-order valence-corrected chi connectivity index (χ4v) is 3.18. The SMILES string of the molecule is CCCC(C)(CCC(=O)O)CCc1cc(O)c(C)c(C)c1C. The predicted octanol–water partition coefficient (Wildman–Crippen LogP) is 4.92. The van der Waals surface area contributed by atoms with Gasteiger partial charge in [0, 0.05) is 6.42 Å². The average molecular weight is 306 g/mol. The zero-order valence-corrected chi connectivity index (χ0v) is 14.6. The summed E-state index contributed by atoms with van der Waals surface area (Å²) in [5, 5.41) is 19.0. The first-order chi connectivity index (χ1) is 10.2. The Labute approximate surface area is 134 Å². The fraction of sp³-hybridized carbons (Fsp3) is 0.632. The molecule has 0 heterocycles. The lowest BCUT2D eigenvalue weighted by Gasteiger charge is -2.29. The number of hydrogen-bond donors (Lipinski definition) is 2. The molecule has 1 atom stereocenters. The molecule has 2 N–H and O–H groups in total. The maximum atomic E-state index is 10.9. The lowest BCUT2D eigenvalue weighted by Crippen LogP contribution is -2.19. The molecule has 0 spiro atoms. The van der Waals surface area contributed by atoms with Crippen molar-refractivity contribution in [2.75, 3.05) is 0 Å². The first kappa shape index (κ1) is 18.5. The number of benzene rings is 1. The molecule has 0 amide bonds. The van der Waals surface area contributed by atoms with E-state index in [4.69, 9.17) is 5.11 Å². The van der Waals surface area contributed by atoms with E-state index in [0.29, 0.717) is 12.2 Å². The highest BCUT2D eigenvalue weighted by atomic mass is 16.4. The summed E-state index contributed by atoms with van der Waals surface area (Å²) in [5.74, 6) is -0.358. The highest BCUT2D eigenvalue weighted by Gasteiger charge is 2.24. The third kappa shape index (κ3) is 4.75. The molecule has 0 fully saturated rings. The molecule has 1 unspecified atom stereocenters. The van der Waals surface area contributed by atoms with Gasteiger partial charge >= 0.3 is 5.97 Å². The number of rotatable bonds is 8. The molecule has 0 aliphatic carbocycles. The van der Waals surface area contributed by atoms with Crippen LogP contribution in [0.25, 0.3) is 0 Å². The van der Waals surface area contributed by atoms with Crippen molar-refractivity contribution in [3.05, 3.63) is 28.3 Å². The molecule has 22 heavy (non-hydrogen) atoms. The van der Waals surface area contributed by atoms with E-state index >= 15 is 0 Å². The number of phenolic OH excluding ortho intramolecular Hbond substituents is 1. The minimum atomic E-state index is -0.720. The Morgan fingerprint density at radius 2 is 1.73 bits per heavy atom. The summed E-state index contributed by atoms with van der Waals surface area (Å²) in [7, 11) is 0. The number of aryl methyl sites for hydroxylation is 1. The lowest BCUT2D eigenvalue weighted by atomic mass is 9.76. The Morgan fingerprint density at radius 1 is 1.09 bits per heavy atom. The number of hydrogen-bond acceptors (Lipinski definition) is 2. The summed E-state index contributed by atoms with van der Waals surface area (Å²) in [6.45, 7) is 10.4. The van der Waals surface area contributed by atoms with Crippen LogP contribution in [0.3, 0.4) is 0 Å². The zero-order valence-electron chi connectivity index (χ0n) is 14.6. The van der Waals surface area contributed by atoms with Crippen LogP contribution in [0.2, 0.25) is 0 Å². The van der Waals surface area contributed by atoms with E-state index in [1.807, 2.05) is 19.9 Å². The normalized spacial score (nSPS) is 13.9. The second-order valence-corrected chi connectivity index (χ2v) is 6.88. The Balaban J connectivity index is 2.87. The van der Waals surface area contributed by atoms with E-state index < -0.39 is 5.97 Å². The number of carboxylic acid groups (broad SMARTS) is 1. The Morgan fingerprint density at radius 3 is 2.27 bits per heavy atom. The first-order valence-electron chi connectivity index (χ1n) is 8.20. The van der Waals surface area contributed by atoms with Gasteiger partial charge in [-0.3, -0.25) is 4.79 Å². The molecule has 1 aromatic rings. The van der Waals surface area contributed by atoms with Gasteiger partial charge in [0.1, 0.15) is 5.75 Å². The largest absolute Gasteiger partial charge is 0.508 e. The van der Waals surface area contributed by atoms with E-state index in [9.17, 15) is 9.90 Å². The van der Waals surface area contributed by atoms with Crippen molar-refractivity contribution in [1.82, 2.24) is 0 Å². The topological polar surface area (TPSA) is 57.5 Å². The van der Waals surface area contributed by atoms with Gasteiger partial charge in [-0.2, -0.15) is 0 Å². The number of carboxylic acids is 1. The van der Waals surface area contributed by atoms with Crippen molar-refractivity contribution >= 4 is 5.97 Å². The van der Waals surface area contributed by atoms with Crippen LogP contribution in [0.1, 0.15) is 68.2 Å². The molecular formula is C19H30O3. The highest BCUT2D eigenvalue weighted by Crippen LogP contribution is 2.36. The summed E-state index contributed by atoms with van der Waals surface area (Å²) >= 11 is 0. The van der Waals surface area contributed by atoms with Gasteiger partial charge in [-0.25, -0.2) is 0 Å². The van der Waals surface area contributed by atoms with Gasteiger partial charge in [0.05, 0.1) is 0 Å². The minimum Gasteiger partial charge on any atom is -0.508 e. The third-order valence-electron chi connectivity index (χ3n) is 5.10. The van der Waals surface area contributed by atoms with Crippen molar-refractivity contribution in [1.29, 1.82) is 0 Å². The molecule has 0 aliphatic rings. The molecule has 0 saturated carbocycles. The maximum Gasteiger partial charge on any atom is 0.303 e. The van der Waals surface area contributed by atoms with Crippen LogP contribution in [0.15, 0.2) is 6.07 Å². The average Bonchev–Trinajstić information content (AvgIpc) is 2.46. The van der Waals surface area contributed by atoms with Crippen LogP contribution < -0.4 is 0 Å². The zero-order chi connectivity index (χ0) is 16.9. The van der Waals surface area contributed by atoms with Gasteiger partial charge < -0.3 is 10.2 Å². The number of phenols is 1. The second kappa shape index (κ2) is 7.66. The number of aromatic hydroxyl groups is 1. The van der Waals surface area contributed by atoms with Crippen molar-refractivity contribution in [3.8, 4) is 5.75 Å². The molecule has 0 aromatic heterocycles. The number of aliphatic carboxylic acids is 1. The van der Waals surface area contributed by atoms with Crippen LogP contribution >= 0.6 is 0 Å². The highest BCUT2D eigenvalue weighted by molar-refractivity contribution is 5.66. The summed E-state index contributed by atoms with van der Waals surface area (Å²) in [4.78, 5) is 10.9. The van der Waals surface area contributed by atoms with Gasteiger partial charge in [-0.05, 0) is 80.2 Å². The van der Waals surface area contributed by atoms with E-state index in [1.165, 1.54) is 11.1 Å². The predicted molar refractivity (Wildman–Crippen MR) is 90.5 cm³/mol. The van der Waals surface area contributed by atoms with Crippen molar-refractivity contribution in [2.45, 2.75) is 73.1 Å². The molecule has 0 radical (unpaired) electrons. The third-order valence-corrected chi connectivity index (χ3v) is 5.10. The Hall–Kier alpha value is -1.51. The van der Waals surface area contributed by atoms with Crippen LogP contribution in [0.4, 0.5) is 0 Å². The Bertz CT molecular complexity index is 534. The van der Waals surface area contributed by atoms with E-state index in [1.54, 1.807) is 0 Å². The van der Waals surface area contributed by atoms with Crippen molar-refractivity contribution in [2.24, 2.45) is 5.41 Å². The van der Waals surface area contributed by atoms with Crippen LogP contribution in [-0.2, 0) is 11.2 Å². The van der Waals surface area contributed by atoms with Gasteiger partial charge in [-0.15, -0.1) is 0 Å². The standard InChI is InChI=1S/C19H30O3/c1-6-9-19(5,11-8-18(21)22)10-7-16-12-17(20)15(4)13(2)14(16)3/h12,20H,6-11H2,1-5H3,(H,21,22). The summed E-state index contributed by atoms with van der Waals surface area (Å²) < 4.78 is 0. The monoisotopic (exact) mass is 306 g/mol. The van der Waals surface area contributed by atoms with Crippen molar-refractivity contribution < 1.29 is 15.0 Å². The molecule has 0 saturated heterocycles.